The molecule has 2 aromatic carbocycles. The Morgan fingerprint density at radius 2 is 1.88 bits per heavy atom. The highest BCUT2D eigenvalue weighted by Crippen LogP contribution is 2.31. The van der Waals surface area contributed by atoms with E-state index in [1.807, 2.05) is 0 Å². The summed E-state index contributed by atoms with van der Waals surface area (Å²) in [4.78, 5) is 28.5. The molecular formula is C21H18ClF4N3O3. The van der Waals surface area contributed by atoms with Crippen molar-refractivity contribution < 1.29 is 32.3 Å². The molecule has 1 N–H and O–H groups in total. The highest BCUT2D eigenvalue weighted by atomic mass is 35.5. The van der Waals surface area contributed by atoms with Gasteiger partial charge >= 0.3 is 12.1 Å². The number of fused-ring (bicyclic) bond motifs is 1. The van der Waals surface area contributed by atoms with Crippen LogP contribution >= 0.6 is 11.6 Å². The smallest absolute Gasteiger partial charge is 0.449 e. The number of aliphatic carboxylic acids is 1. The summed E-state index contributed by atoms with van der Waals surface area (Å²) in [6.45, 7) is -0.882. The number of aromatic nitrogens is 2. The number of rotatable bonds is 8. The van der Waals surface area contributed by atoms with Gasteiger partial charge in [-0.25, -0.2) is 9.37 Å². The van der Waals surface area contributed by atoms with E-state index in [0.717, 1.165) is 15.5 Å². The Morgan fingerprint density at radius 1 is 1.16 bits per heavy atom. The van der Waals surface area contributed by atoms with E-state index in [1.54, 1.807) is 12.1 Å². The maximum Gasteiger partial charge on any atom is 0.449 e. The molecule has 0 aliphatic heterocycles. The zero-order chi connectivity index (χ0) is 23.5. The minimum Gasteiger partial charge on any atom is -0.480 e. The zero-order valence-electron chi connectivity index (χ0n) is 16.6. The van der Waals surface area contributed by atoms with Crippen molar-refractivity contribution >= 4 is 34.5 Å². The number of amides is 1. The average Bonchev–Trinajstić information content (AvgIpc) is 3.09. The second-order valence-corrected chi connectivity index (χ2v) is 7.48. The summed E-state index contributed by atoms with van der Waals surface area (Å²) >= 11 is 5.73. The second-order valence-electron chi connectivity index (χ2n) is 7.07. The van der Waals surface area contributed by atoms with E-state index in [1.165, 1.54) is 24.3 Å². The number of halogens is 5. The summed E-state index contributed by atoms with van der Waals surface area (Å²) in [5.41, 5.74) is 0.897. The normalized spacial score (nSPS) is 11.7. The van der Waals surface area contributed by atoms with Crippen molar-refractivity contribution in [2.24, 2.45) is 0 Å². The van der Waals surface area contributed by atoms with E-state index in [2.05, 4.69) is 4.98 Å². The van der Waals surface area contributed by atoms with Crippen LogP contribution in [0.1, 0.15) is 24.2 Å². The third-order valence-electron chi connectivity index (χ3n) is 4.72. The number of para-hydroxylation sites is 2. The topological polar surface area (TPSA) is 75.4 Å². The largest absolute Gasteiger partial charge is 0.480 e. The Labute approximate surface area is 185 Å². The number of carboxylic acid groups (broad SMARTS) is 1. The van der Waals surface area contributed by atoms with Crippen LogP contribution in [0.5, 0.6) is 0 Å². The summed E-state index contributed by atoms with van der Waals surface area (Å²) in [6.07, 6.45) is -4.82. The Hall–Kier alpha value is -3.14. The van der Waals surface area contributed by atoms with Gasteiger partial charge in [0.1, 0.15) is 12.4 Å². The summed E-state index contributed by atoms with van der Waals surface area (Å²) in [6, 6.07) is 9.90. The molecule has 1 amide bonds. The first-order valence-electron chi connectivity index (χ1n) is 9.52. The summed E-state index contributed by atoms with van der Waals surface area (Å²) in [7, 11) is 0. The molecular weight excluding hydrogens is 454 g/mol. The number of benzene rings is 2. The quantitative estimate of drug-likeness (QED) is 0.481. The fraction of sp³-hybridized carbons (Fsp3) is 0.286. The van der Waals surface area contributed by atoms with Crippen molar-refractivity contribution in [2.75, 3.05) is 6.54 Å². The predicted octanol–water partition coefficient (Wildman–Crippen LogP) is 4.74. The van der Waals surface area contributed by atoms with Crippen molar-refractivity contribution in [3.05, 3.63) is 64.7 Å². The van der Waals surface area contributed by atoms with Gasteiger partial charge in [-0.3, -0.25) is 9.59 Å². The van der Waals surface area contributed by atoms with Crippen LogP contribution < -0.4 is 0 Å². The molecule has 0 aliphatic rings. The monoisotopic (exact) mass is 471 g/mol. The number of aryl methyl sites for hydroxylation is 1. The lowest BCUT2D eigenvalue weighted by atomic mass is 10.2. The van der Waals surface area contributed by atoms with Crippen molar-refractivity contribution in [1.29, 1.82) is 0 Å². The number of imidazole rings is 1. The maximum atomic E-state index is 13.4. The molecule has 0 saturated carbocycles. The molecule has 0 fully saturated rings. The lowest BCUT2D eigenvalue weighted by Gasteiger charge is -2.21. The van der Waals surface area contributed by atoms with E-state index in [4.69, 9.17) is 16.7 Å². The van der Waals surface area contributed by atoms with Crippen molar-refractivity contribution in [2.45, 2.75) is 32.1 Å². The van der Waals surface area contributed by atoms with Crippen LogP contribution in [0.4, 0.5) is 17.6 Å². The SMILES string of the molecule is O=C(O)CN(Cc1ccc(F)c(Cl)c1)C(=O)CCCn1c(C(F)(F)F)nc2ccccc21. The van der Waals surface area contributed by atoms with Gasteiger partial charge in [0.25, 0.3) is 0 Å². The molecule has 32 heavy (non-hydrogen) atoms. The van der Waals surface area contributed by atoms with Crippen LogP contribution in [0.2, 0.25) is 5.02 Å². The third-order valence-corrected chi connectivity index (χ3v) is 5.01. The number of hydrogen-bond acceptors (Lipinski definition) is 3. The molecule has 1 aromatic heterocycles. The van der Waals surface area contributed by atoms with E-state index in [9.17, 15) is 27.2 Å². The minimum atomic E-state index is -4.67. The van der Waals surface area contributed by atoms with E-state index in [-0.39, 0.29) is 42.0 Å². The number of carbonyl (C=O) groups excluding carboxylic acids is 1. The van der Waals surface area contributed by atoms with Crippen LogP contribution in [0, 0.1) is 5.82 Å². The third kappa shape index (κ3) is 5.56. The van der Waals surface area contributed by atoms with Crippen LogP contribution in [0.15, 0.2) is 42.5 Å². The van der Waals surface area contributed by atoms with Crippen LogP contribution in [-0.2, 0) is 28.9 Å². The molecule has 1 heterocycles. The molecule has 170 valence electrons. The van der Waals surface area contributed by atoms with E-state index >= 15 is 0 Å². The first-order valence-corrected chi connectivity index (χ1v) is 9.90. The highest BCUT2D eigenvalue weighted by molar-refractivity contribution is 6.30. The van der Waals surface area contributed by atoms with Crippen molar-refractivity contribution in [3.8, 4) is 0 Å². The van der Waals surface area contributed by atoms with E-state index in [0.29, 0.717) is 5.56 Å². The number of alkyl halides is 3. The number of carbonyl (C=O) groups is 2. The minimum absolute atomic E-state index is 0.0303. The molecule has 0 saturated heterocycles. The van der Waals surface area contributed by atoms with Gasteiger partial charge in [-0.1, -0.05) is 29.8 Å². The fourth-order valence-electron chi connectivity index (χ4n) is 3.32. The lowest BCUT2D eigenvalue weighted by molar-refractivity contribution is -0.147. The van der Waals surface area contributed by atoms with Gasteiger partial charge < -0.3 is 14.6 Å². The number of hydrogen-bond donors (Lipinski definition) is 1. The van der Waals surface area contributed by atoms with Crippen LogP contribution in [0.3, 0.4) is 0 Å². The molecule has 0 unspecified atom stereocenters. The average molecular weight is 472 g/mol. The molecule has 0 radical (unpaired) electrons. The van der Waals surface area contributed by atoms with Crippen molar-refractivity contribution in [3.63, 3.8) is 0 Å². The highest BCUT2D eigenvalue weighted by Gasteiger charge is 2.37. The first-order chi connectivity index (χ1) is 15.1. The molecule has 3 aromatic rings. The summed E-state index contributed by atoms with van der Waals surface area (Å²) in [5, 5.41) is 8.94. The molecule has 3 rings (SSSR count). The Balaban J connectivity index is 1.73. The molecule has 0 aliphatic carbocycles. The van der Waals surface area contributed by atoms with Crippen LogP contribution in [0.25, 0.3) is 11.0 Å². The fourth-order valence-corrected chi connectivity index (χ4v) is 3.52. The van der Waals surface area contributed by atoms with Gasteiger partial charge in [-0.2, -0.15) is 13.2 Å². The van der Waals surface area contributed by atoms with Gasteiger partial charge in [0.2, 0.25) is 11.7 Å². The van der Waals surface area contributed by atoms with E-state index < -0.39 is 36.2 Å². The zero-order valence-corrected chi connectivity index (χ0v) is 17.3. The Morgan fingerprint density at radius 3 is 2.53 bits per heavy atom. The number of carboxylic acids is 1. The first kappa shape index (κ1) is 23.5. The Bertz CT molecular complexity index is 1150. The van der Waals surface area contributed by atoms with Gasteiger partial charge in [0.15, 0.2) is 0 Å². The predicted molar refractivity (Wildman–Crippen MR) is 108 cm³/mol. The second kappa shape index (κ2) is 9.56. The molecule has 6 nitrogen and oxygen atoms in total. The maximum absolute atomic E-state index is 13.4. The van der Waals surface area contributed by atoms with Crippen molar-refractivity contribution in [1.82, 2.24) is 14.5 Å². The van der Waals surface area contributed by atoms with Gasteiger partial charge in [0, 0.05) is 19.5 Å². The molecule has 0 bridgehead atoms. The standard InChI is InChI=1S/C21H18ClF4N3O3/c22-14-10-13(7-8-15(14)23)11-28(12-19(31)32)18(30)6-3-9-29-17-5-2-1-4-16(17)27-20(29)21(24,25)26/h1-2,4-5,7-8,10H,3,6,9,11-12H2,(H,31,32). The molecule has 11 heteroatoms. The Kier molecular flexibility index (Phi) is 7.02. The van der Waals surface area contributed by atoms with Crippen LogP contribution in [-0.4, -0.2) is 38.0 Å². The van der Waals surface area contributed by atoms with Gasteiger partial charge in [0.05, 0.1) is 16.1 Å². The van der Waals surface area contributed by atoms with Gasteiger partial charge in [-0.15, -0.1) is 0 Å². The summed E-state index contributed by atoms with van der Waals surface area (Å²) in [5.74, 6) is -3.54. The summed E-state index contributed by atoms with van der Waals surface area (Å²) < 4.78 is 54.5. The molecule has 0 atom stereocenters. The number of nitrogens with zero attached hydrogens (tertiary/aromatic N) is 3. The molecule has 0 spiro atoms. The van der Waals surface area contributed by atoms with Gasteiger partial charge in [-0.05, 0) is 36.2 Å². The lowest BCUT2D eigenvalue weighted by Crippen LogP contribution is -2.35.